The van der Waals surface area contributed by atoms with Crippen LogP contribution < -0.4 is 5.56 Å². The van der Waals surface area contributed by atoms with Gasteiger partial charge in [0.15, 0.2) is 0 Å². The number of rotatable bonds is 3. The number of halogens is 2. The Morgan fingerprint density at radius 3 is 2.78 bits per heavy atom. The predicted octanol–water partition coefficient (Wildman–Crippen LogP) is 4.39. The van der Waals surface area contributed by atoms with Crippen molar-refractivity contribution in [3.8, 4) is 5.75 Å². The van der Waals surface area contributed by atoms with Gasteiger partial charge in [-0.15, -0.1) is 0 Å². The van der Waals surface area contributed by atoms with E-state index in [1.165, 1.54) is 25.3 Å². The Hall–Kier alpha value is -1.56. The Morgan fingerprint density at radius 2 is 2.00 bits per heavy atom. The summed E-state index contributed by atoms with van der Waals surface area (Å²) in [5, 5.41) is 10.9. The normalized spacial score (nSPS) is 18.4. The molecule has 1 aliphatic heterocycles. The fraction of sp³-hybridized carbons (Fsp3) is 0.500. The molecule has 0 atom stereocenters. The number of aromatic nitrogens is 2. The van der Waals surface area contributed by atoms with E-state index < -0.39 is 0 Å². The second-order valence-corrected chi connectivity index (χ2v) is 8.41. The molecular formula is C20H23Cl2N3O2. The fourth-order valence-corrected chi connectivity index (χ4v) is 4.72. The number of nitrogens with one attached hydrogen (secondary N) is 1. The topological polar surface area (TPSA) is 69.2 Å². The van der Waals surface area contributed by atoms with Gasteiger partial charge in [-0.05, 0) is 25.0 Å². The first-order valence-corrected chi connectivity index (χ1v) is 10.3. The number of phenolic OH excluding ortho intramolecular Hbond substituents is 1. The van der Waals surface area contributed by atoms with Crippen LogP contribution in [0.15, 0.2) is 16.9 Å². The van der Waals surface area contributed by atoms with Gasteiger partial charge in [0, 0.05) is 42.6 Å². The molecule has 0 amide bonds. The molecule has 7 heteroatoms. The zero-order chi connectivity index (χ0) is 19.0. The number of aromatic hydroxyl groups is 1. The zero-order valence-electron chi connectivity index (χ0n) is 15.1. The summed E-state index contributed by atoms with van der Waals surface area (Å²) in [6, 6.07) is 3.24. The predicted molar refractivity (Wildman–Crippen MR) is 107 cm³/mol. The highest BCUT2D eigenvalue weighted by molar-refractivity contribution is 6.35. The molecule has 0 spiro atoms. The summed E-state index contributed by atoms with van der Waals surface area (Å²) in [7, 11) is 0. The third-order valence-corrected chi connectivity index (χ3v) is 6.17. The Kier molecular flexibility index (Phi) is 5.44. The van der Waals surface area contributed by atoms with Crippen LogP contribution in [0.3, 0.4) is 0 Å². The number of hydrogen-bond acceptors (Lipinski definition) is 4. The van der Waals surface area contributed by atoms with Gasteiger partial charge in [-0.25, -0.2) is 4.98 Å². The monoisotopic (exact) mass is 407 g/mol. The third-order valence-electron chi connectivity index (χ3n) is 5.66. The van der Waals surface area contributed by atoms with Crippen molar-refractivity contribution in [1.82, 2.24) is 14.9 Å². The molecule has 0 radical (unpaired) electrons. The Balaban J connectivity index is 1.54. The average molecular weight is 408 g/mol. The molecule has 0 unspecified atom stereocenters. The summed E-state index contributed by atoms with van der Waals surface area (Å²) in [5.74, 6) is 1.30. The van der Waals surface area contributed by atoms with Gasteiger partial charge < -0.3 is 10.1 Å². The summed E-state index contributed by atoms with van der Waals surface area (Å²) in [5.41, 5.74) is 2.29. The van der Waals surface area contributed by atoms with Gasteiger partial charge >= 0.3 is 0 Å². The van der Waals surface area contributed by atoms with Crippen molar-refractivity contribution in [2.45, 2.75) is 57.5 Å². The van der Waals surface area contributed by atoms with Crippen LogP contribution in [0.2, 0.25) is 10.0 Å². The van der Waals surface area contributed by atoms with Crippen LogP contribution in [0.5, 0.6) is 5.75 Å². The molecule has 4 rings (SSSR count). The van der Waals surface area contributed by atoms with Crippen molar-refractivity contribution < 1.29 is 5.11 Å². The summed E-state index contributed by atoms with van der Waals surface area (Å²) in [6.45, 7) is 1.76. The first-order valence-electron chi connectivity index (χ1n) is 9.52. The lowest BCUT2D eigenvalue weighted by Crippen LogP contribution is -2.36. The number of fused-ring (bicyclic) bond motifs is 1. The van der Waals surface area contributed by atoms with Crippen molar-refractivity contribution in [2.24, 2.45) is 0 Å². The van der Waals surface area contributed by atoms with Crippen LogP contribution in [-0.4, -0.2) is 26.5 Å². The van der Waals surface area contributed by atoms with E-state index in [-0.39, 0.29) is 16.3 Å². The minimum Gasteiger partial charge on any atom is -0.506 e. The van der Waals surface area contributed by atoms with Crippen molar-refractivity contribution in [3.05, 3.63) is 55.2 Å². The van der Waals surface area contributed by atoms with Gasteiger partial charge in [0.05, 0.1) is 16.3 Å². The van der Waals surface area contributed by atoms with Gasteiger partial charge in [0.25, 0.3) is 5.56 Å². The summed E-state index contributed by atoms with van der Waals surface area (Å²) >= 11 is 12.1. The Morgan fingerprint density at radius 1 is 1.22 bits per heavy atom. The van der Waals surface area contributed by atoms with E-state index in [9.17, 15) is 9.90 Å². The summed E-state index contributed by atoms with van der Waals surface area (Å²) in [4.78, 5) is 22.6. The van der Waals surface area contributed by atoms with E-state index in [4.69, 9.17) is 28.2 Å². The van der Waals surface area contributed by atoms with Gasteiger partial charge in [0.2, 0.25) is 0 Å². The molecule has 2 aliphatic rings. The van der Waals surface area contributed by atoms with E-state index in [0.717, 1.165) is 42.9 Å². The van der Waals surface area contributed by atoms with Crippen LogP contribution >= 0.6 is 23.2 Å². The van der Waals surface area contributed by atoms with E-state index in [0.29, 0.717) is 29.6 Å². The van der Waals surface area contributed by atoms with Crippen molar-refractivity contribution in [3.63, 3.8) is 0 Å². The molecule has 144 valence electrons. The molecular weight excluding hydrogens is 385 g/mol. The Labute approximate surface area is 168 Å². The largest absolute Gasteiger partial charge is 0.506 e. The number of aromatic amines is 1. The van der Waals surface area contributed by atoms with Gasteiger partial charge in [-0.3, -0.25) is 9.69 Å². The zero-order valence-corrected chi connectivity index (χ0v) is 16.6. The molecule has 2 heterocycles. The number of phenols is 1. The first-order chi connectivity index (χ1) is 13.0. The lowest BCUT2D eigenvalue weighted by molar-refractivity contribution is 0.238. The van der Waals surface area contributed by atoms with Crippen LogP contribution in [0.1, 0.15) is 60.7 Å². The molecule has 0 bridgehead atoms. The molecule has 2 aromatic rings. The quantitative estimate of drug-likeness (QED) is 0.791. The molecule has 1 saturated carbocycles. The minimum absolute atomic E-state index is 0.0291. The van der Waals surface area contributed by atoms with Crippen LogP contribution in [-0.2, 0) is 19.5 Å². The molecule has 1 aromatic heterocycles. The fourth-order valence-electron chi connectivity index (χ4n) is 4.19. The molecule has 1 aliphatic carbocycles. The summed E-state index contributed by atoms with van der Waals surface area (Å²) < 4.78 is 0. The number of H-pyrrole nitrogens is 1. The molecule has 1 fully saturated rings. The number of benzene rings is 1. The minimum atomic E-state index is -0.0291. The highest BCUT2D eigenvalue weighted by atomic mass is 35.5. The molecule has 5 nitrogen and oxygen atoms in total. The molecule has 2 N–H and O–H groups in total. The lowest BCUT2D eigenvalue weighted by atomic mass is 9.88. The molecule has 1 aromatic carbocycles. The maximum Gasteiger partial charge on any atom is 0.255 e. The van der Waals surface area contributed by atoms with Crippen LogP contribution in [0.4, 0.5) is 0 Å². The van der Waals surface area contributed by atoms with Gasteiger partial charge in [0.1, 0.15) is 11.6 Å². The van der Waals surface area contributed by atoms with Crippen molar-refractivity contribution in [1.29, 1.82) is 0 Å². The highest BCUT2D eigenvalue weighted by Crippen LogP contribution is 2.33. The lowest BCUT2D eigenvalue weighted by Gasteiger charge is -2.29. The van der Waals surface area contributed by atoms with Crippen LogP contribution in [0, 0.1) is 0 Å². The number of hydrogen-bond donors (Lipinski definition) is 2. The number of nitrogens with zero attached hydrogens (tertiary/aromatic N) is 2. The second-order valence-electron chi connectivity index (χ2n) is 7.57. The maximum absolute atomic E-state index is 12.7. The first kappa shape index (κ1) is 18.8. The second kappa shape index (κ2) is 7.82. The maximum atomic E-state index is 12.7. The summed E-state index contributed by atoms with van der Waals surface area (Å²) in [6.07, 6.45) is 6.66. The van der Waals surface area contributed by atoms with Gasteiger partial charge in [-0.1, -0.05) is 42.5 Å². The standard InChI is InChI=1S/C20H23Cl2N3O2/c21-14-8-13(18(26)16(22)9-14)10-25-7-6-17-15(11-25)20(27)24-19(23-17)12-4-2-1-3-5-12/h8-9,12,26H,1-7,10-11H2,(H,23,24,27). The SMILES string of the molecule is O=c1[nH]c(C2CCCCC2)nc2c1CN(Cc1cc(Cl)cc(Cl)c1O)CC2. The smallest absolute Gasteiger partial charge is 0.255 e. The average Bonchev–Trinajstić information content (AvgIpc) is 2.67. The molecule has 0 saturated heterocycles. The van der Waals surface area contributed by atoms with Crippen molar-refractivity contribution >= 4 is 23.2 Å². The van der Waals surface area contributed by atoms with E-state index in [1.54, 1.807) is 6.07 Å². The molecule has 27 heavy (non-hydrogen) atoms. The van der Waals surface area contributed by atoms with Crippen LogP contribution in [0.25, 0.3) is 0 Å². The van der Waals surface area contributed by atoms with E-state index in [2.05, 4.69) is 9.88 Å². The van der Waals surface area contributed by atoms with E-state index in [1.807, 2.05) is 0 Å². The van der Waals surface area contributed by atoms with Crippen molar-refractivity contribution in [2.75, 3.05) is 6.54 Å². The third kappa shape index (κ3) is 4.00. The van der Waals surface area contributed by atoms with Gasteiger partial charge in [-0.2, -0.15) is 0 Å². The Bertz CT molecular complexity index is 907. The highest BCUT2D eigenvalue weighted by Gasteiger charge is 2.25. The van der Waals surface area contributed by atoms with E-state index >= 15 is 0 Å².